The van der Waals surface area contributed by atoms with Crippen LogP contribution < -0.4 is 5.73 Å². The molecule has 0 bridgehead atoms. The van der Waals surface area contributed by atoms with E-state index in [1.54, 1.807) is 27.0 Å². The molecule has 1 atom stereocenters. The Morgan fingerprint density at radius 1 is 1.53 bits per heavy atom. The molecule has 106 valence electrons. The van der Waals surface area contributed by atoms with Gasteiger partial charge < -0.3 is 15.2 Å². The lowest BCUT2D eigenvalue weighted by molar-refractivity contribution is -0.142. The molecular weight excluding hydrogens is 336 g/mol. The molecule has 0 aromatic carbocycles. The maximum absolute atomic E-state index is 11.6. The minimum absolute atomic E-state index is 0.206. The first-order valence-electron chi connectivity index (χ1n) is 5.48. The molecular formula is C11H15BrN2O4S. The largest absolute Gasteiger partial charge is 0.516 e. The number of esters is 1. The molecule has 0 saturated carbocycles. The first-order valence-corrected chi connectivity index (χ1v) is 7.09. The van der Waals surface area contributed by atoms with Crippen LogP contribution in [0.4, 0.5) is 4.79 Å². The van der Waals surface area contributed by atoms with Crippen LogP contribution in [0.2, 0.25) is 0 Å². The van der Waals surface area contributed by atoms with Crippen molar-refractivity contribution in [2.75, 3.05) is 0 Å². The van der Waals surface area contributed by atoms with Crippen LogP contribution in [0, 0.1) is 0 Å². The zero-order chi connectivity index (χ0) is 14.6. The van der Waals surface area contributed by atoms with Crippen LogP contribution in [-0.2, 0) is 20.7 Å². The molecule has 19 heavy (non-hydrogen) atoms. The van der Waals surface area contributed by atoms with Gasteiger partial charge in [-0.25, -0.2) is 14.6 Å². The van der Waals surface area contributed by atoms with Crippen molar-refractivity contribution in [2.24, 2.45) is 5.73 Å². The van der Waals surface area contributed by atoms with E-state index in [0.717, 1.165) is 3.79 Å². The van der Waals surface area contributed by atoms with Gasteiger partial charge in [-0.05, 0) is 36.7 Å². The average Bonchev–Trinajstić information content (AvgIpc) is 2.60. The third-order valence-corrected chi connectivity index (χ3v) is 3.29. The molecule has 0 aliphatic rings. The Bertz CT molecular complexity index is 470. The molecule has 1 heterocycles. The van der Waals surface area contributed by atoms with Crippen molar-refractivity contribution in [3.63, 3.8) is 0 Å². The summed E-state index contributed by atoms with van der Waals surface area (Å²) >= 11 is 4.62. The minimum atomic E-state index is -1.05. The summed E-state index contributed by atoms with van der Waals surface area (Å²) in [6.07, 6.45) is 0.775. The molecule has 8 heteroatoms. The third-order valence-electron chi connectivity index (χ3n) is 1.80. The number of nitrogens with zero attached hydrogens (tertiary/aromatic N) is 1. The fraction of sp³-hybridized carbons (Fsp3) is 0.545. The predicted octanol–water partition coefficient (Wildman–Crippen LogP) is 2.25. The molecule has 0 radical (unpaired) electrons. The fourth-order valence-corrected chi connectivity index (χ4v) is 2.44. The van der Waals surface area contributed by atoms with E-state index >= 15 is 0 Å². The van der Waals surface area contributed by atoms with E-state index in [0.29, 0.717) is 5.01 Å². The zero-order valence-corrected chi connectivity index (χ0v) is 13.2. The van der Waals surface area contributed by atoms with Crippen LogP contribution in [0.25, 0.3) is 0 Å². The van der Waals surface area contributed by atoms with Gasteiger partial charge in [0.05, 0.1) is 15.0 Å². The minimum Gasteiger partial charge on any atom is -0.428 e. The van der Waals surface area contributed by atoms with Crippen molar-refractivity contribution in [1.29, 1.82) is 0 Å². The van der Waals surface area contributed by atoms with Gasteiger partial charge in [-0.2, -0.15) is 0 Å². The molecule has 2 N–H and O–H groups in total. The lowest BCUT2D eigenvalue weighted by atomic mass is 10.2. The summed E-state index contributed by atoms with van der Waals surface area (Å²) < 4.78 is 10.2. The number of hydrogen-bond acceptors (Lipinski definition) is 7. The van der Waals surface area contributed by atoms with Crippen molar-refractivity contribution in [3.8, 4) is 0 Å². The van der Waals surface area contributed by atoms with Crippen molar-refractivity contribution in [3.05, 3.63) is 15.0 Å². The Balaban J connectivity index is 2.47. The van der Waals surface area contributed by atoms with E-state index in [4.69, 9.17) is 10.5 Å². The second kappa shape index (κ2) is 6.44. The lowest BCUT2D eigenvalue weighted by Gasteiger charge is -2.18. The number of halogens is 1. The maximum atomic E-state index is 11.6. The Hall–Kier alpha value is -0.990. The van der Waals surface area contributed by atoms with Crippen LogP contribution in [0.15, 0.2) is 9.98 Å². The summed E-state index contributed by atoms with van der Waals surface area (Å²) in [7, 11) is 0. The summed E-state index contributed by atoms with van der Waals surface area (Å²) in [4.78, 5) is 26.9. The number of carbonyl (C=O) groups is 2. The first-order chi connectivity index (χ1) is 8.67. The quantitative estimate of drug-likeness (QED) is 0.663. The number of aromatic nitrogens is 1. The molecule has 0 unspecified atom stereocenters. The van der Waals surface area contributed by atoms with Crippen molar-refractivity contribution in [1.82, 2.24) is 4.98 Å². The van der Waals surface area contributed by atoms with Gasteiger partial charge in [0, 0.05) is 6.42 Å². The second-order valence-electron chi connectivity index (χ2n) is 4.75. The Kier molecular flexibility index (Phi) is 5.45. The molecule has 6 nitrogen and oxygen atoms in total. The van der Waals surface area contributed by atoms with E-state index in [1.807, 2.05) is 0 Å². The summed E-state index contributed by atoms with van der Waals surface area (Å²) in [6.45, 7) is 5.02. The second-order valence-corrected chi connectivity index (χ2v) is 7.25. The highest BCUT2D eigenvalue weighted by atomic mass is 79.9. The highest BCUT2D eigenvalue weighted by molar-refractivity contribution is 9.11. The highest BCUT2D eigenvalue weighted by Crippen LogP contribution is 2.20. The number of carbonyl (C=O) groups excluding carboxylic acids is 2. The average molecular weight is 351 g/mol. The molecule has 0 aliphatic heterocycles. The van der Waals surface area contributed by atoms with E-state index in [1.165, 1.54) is 11.3 Å². The molecule has 0 saturated heterocycles. The highest BCUT2D eigenvalue weighted by Gasteiger charge is 2.24. The SMILES string of the molecule is CC(C)(C)OC(=O)OC(=O)[C@@H](N)Cc1ncc(Br)s1. The van der Waals surface area contributed by atoms with Gasteiger partial charge in [-0.1, -0.05) is 0 Å². The molecule has 0 spiro atoms. The van der Waals surface area contributed by atoms with Gasteiger partial charge in [0.15, 0.2) is 0 Å². The molecule has 1 aromatic rings. The number of ether oxygens (including phenoxy) is 2. The number of hydrogen-bond donors (Lipinski definition) is 1. The summed E-state index contributed by atoms with van der Waals surface area (Å²) in [5.74, 6) is -0.833. The van der Waals surface area contributed by atoms with Crippen LogP contribution in [0.1, 0.15) is 25.8 Å². The predicted molar refractivity (Wildman–Crippen MR) is 73.8 cm³/mol. The maximum Gasteiger partial charge on any atom is 0.516 e. The first kappa shape index (κ1) is 16.1. The third kappa shape index (κ3) is 6.13. The summed E-state index contributed by atoms with van der Waals surface area (Å²) in [5, 5.41) is 0.681. The normalized spacial score (nSPS) is 12.9. The number of rotatable bonds is 3. The molecule has 0 amide bonds. The Morgan fingerprint density at radius 3 is 2.63 bits per heavy atom. The van der Waals surface area contributed by atoms with E-state index in [-0.39, 0.29) is 6.42 Å². The van der Waals surface area contributed by atoms with Crippen LogP contribution in [0.3, 0.4) is 0 Å². The van der Waals surface area contributed by atoms with E-state index in [2.05, 4.69) is 25.7 Å². The van der Waals surface area contributed by atoms with Gasteiger partial charge >= 0.3 is 12.1 Å². The van der Waals surface area contributed by atoms with Crippen molar-refractivity contribution in [2.45, 2.75) is 38.8 Å². The lowest BCUT2D eigenvalue weighted by Crippen LogP contribution is -2.37. The number of nitrogens with two attached hydrogens (primary N) is 1. The molecule has 1 aromatic heterocycles. The topological polar surface area (TPSA) is 91.5 Å². The summed E-state index contributed by atoms with van der Waals surface area (Å²) in [6, 6.07) is -0.953. The molecule has 1 rings (SSSR count). The number of thiazole rings is 1. The van der Waals surface area contributed by atoms with Gasteiger partial charge in [0.25, 0.3) is 0 Å². The van der Waals surface area contributed by atoms with Crippen LogP contribution in [0.5, 0.6) is 0 Å². The Morgan fingerprint density at radius 2 is 2.16 bits per heavy atom. The fourth-order valence-electron chi connectivity index (χ4n) is 1.08. The van der Waals surface area contributed by atoms with Gasteiger partial charge in [-0.15, -0.1) is 11.3 Å². The van der Waals surface area contributed by atoms with Gasteiger partial charge in [0.2, 0.25) is 0 Å². The van der Waals surface area contributed by atoms with Crippen molar-refractivity contribution < 1.29 is 19.1 Å². The van der Waals surface area contributed by atoms with E-state index in [9.17, 15) is 9.59 Å². The van der Waals surface area contributed by atoms with Gasteiger partial charge in [-0.3, -0.25) is 0 Å². The molecule has 0 fully saturated rings. The standard InChI is InChI=1S/C11H15BrN2O4S/c1-11(2,3)18-10(16)17-9(15)6(13)4-8-14-5-7(12)19-8/h5-6H,4,13H2,1-3H3/t6-/m0/s1. The molecule has 0 aliphatic carbocycles. The zero-order valence-electron chi connectivity index (χ0n) is 10.8. The Labute approximate surface area is 123 Å². The van der Waals surface area contributed by atoms with Gasteiger partial charge in [0.1, 0.15) is 11.6 Å². The van der Waals surface area contributed by atoms with Crippen LogP contribution in [-0.4, -0.2) is 28.8 Å². The van der Waals surface area contributed by atoms with Crippen molar-refractivity contribution >= 4 is 39.4 Å². The van der Waals surface area contributed by atoms with E-state index < -0.39 is 23.8 Å². The summed E-state index contributed by atoms with van der Waals surface area (Å²) in [5.41, 5.74) is 4.92. The smallest absolute Gasteiger partial charge is 0.428 e. The monoisotopic (exact) mass is 350 g/mol. The van der Waals surface area contributed by atoms with Crippen LogP contribution >= 0.6 is 27.3 Å².